The van der Waals surface area contributed by atoms with E-state index in [4.69, 9.17) is 16.3 Å². The van der Waals surface area contributed by atoms with E-state index in [1.807, 2.05) is 0 Å². The van der Waals surface area contributed by atoms with Crippen LogP contribution in [0, 0.1) is 5.82 Å². The number of aromatic nitrogens is 1. The SMILES string of the molecule is COc1cc(-c2nc(C(=O)CCl)cs2)ccc1F. The van der Waals surface area contributed by atoms with Gasteiger partial charge in [-0.05, 0) is 18.2 Å². The van der Waals surface area contributed by atoms with Crippen molar-refractivity contribution in [1.29, 1.82) is 0 Å². The van der Waals surface area contributed by atoms with E-state index in [0.717, 1.165) is 0 Å². The summed E-state index contributed by atoms with van der Waals surface area (Å²) in [5.41, 5.74) is 1.03. The Hall–Kier alpha value is -1.46. The molecule has 94 valence electrons. The summed E-state index contributed by atoms with van der Waals surface area (Å²) >= 11 is 6.76. The topological polar surface area (TPSA) is 39.2 Å². The fraction of sp³-hybridized carbons (Fsp3) is 0.167. The number of rotatable bonds is 4. The Morgan fingerprint density at radius 3 is 3.00 bits per heavy atom. The summed E-state index contributed by atoms with van der Waals surface area (Å²) in [6.07, 6.45) is 0. The lowest BCUT2D eigenvalue weighted by Crippen LogP contribution is -2.00. The lowest BCUT2D eigenvalue weighted by atomic mass is 10.2. The first kappa shape index (κ1) is 13.0. The van der Waals surface area contributed by atoms with Crippen molar-refractivity contribution in [3.05, 3.63) is 35.1 Å². The monoisotopic (exact) mass is 285 g/mol. The van der Waals surface area contributed by atoms with E-state index in [1.54, 1.807) is 17.5 Å². The van der Waals surface area contributed by atoms with Gasteiger partial charge in [0, 0.05) is 10.9 Å². The van der Waals surface area contributed by atoms with Gasteiger partial charge in [-0.15, -0.1) is 22.9 Å². The Labute approximate surface area is 112 Å². The van der Waals surface area contributed by atoms with Crippen molar-refractivity contribution >= 4 is 28.7 Å². The largest absolute Gasteiger partial charge is 0.494 e. The molecule has 3 nitrogen and oxygen atoms in total. The van der Waals surface area contributed by atoms with Gasteiger partial charge in [-0.25, -0.2) is 9.37 Å². The molecule has 0 unspecified atom stereocenters. The number of hydrogen-bond acceptors (Lipinski definition) is 4. The van der Waals surface area contributed by atoms with Gasteiger partial charge in [-0.3, -0.25) is 4.79 Å². The zero-order valence-electron chi connectivity index (χ0n) is 9.44. The summed E-state index contributed by atoms with van der Waals surface area (Å²) in [5.74, 6) is -0.619. The van der Waals surface area contributed by atoms with Gasteiger partial charge in [-0.1, -0.05) is 0 Å². The Balaban J connectivity index is 2.37. The fourth-order valence-electron chi connectivity index (χ4n) is 1.40. The minimum Gasteiger partial charge on any atom is -0.494 e. The number of alkyl halides is 1. The van der Waals surface area contributed by atoms with Crippen LogP contribution in [0.25, 0.3) is 10.6 Å². The molecule has 1 aromatic carbocycles. The number of carbonyl (C=O) groups excluding carboxylic acids is 1. The molecule has 0 saturated carbocycles. The number of ether oxygens (including phenoxy) is 1. The molecule has 0 aliphatic rings. The molecule has 2 aromatic rings. The third kappa shape index (κ3) is 2.52. The smallest absolute Gasteiger partial charge is 0.196 e. The Morgan fingerprint density at radius 2 is 2.33 bits per heavy atom. The third-order valence-corrected chi connectivity index (χ3v) is 3.44. The van der Waals surface area contributed by atoms with Crippen molar-refractivity contribution in [3.8, 4) is 16.3 Å². The van der Waals surface area contributed by atoms with E-state index in [1.165, 1.54) is 24.5 Å². The maximum Gasteiger partial charge on any atom is 0.196 e. The number of benzene rings is 1. The Bertz CT molecular complexity index is 585. The molecule has 0 aliphatic carbocycles. The van der Waals surface area contributed by atoms with Gasteiger partial charge in [-0.2, -0.15) is 0 Å². The van der Waals surface area contributed by atoms with Crippen molar-refractivity contribution in [2.24, 2.45) is 0 Å². The highest BCUT2D eigenvalue weighted by molar-refractivity contribution is 7.13. The number of ketones is 1. The number of methoxy groups -OCH3 is 1. The van der Waals surface area contributed by atoms with Gasteiger partial charge < -0.3 is 4.74 Å². The zero-order chi connectivity index (χ0) is 13.1. The van der Waals surface area contributed by atoms with E-state index >= 15 is 0 Å². The van der Waals surface area contributed by atoms with Crippen LogP contribution in [0.1, 0.15) is 10.5 Å². The first-order valence-corrected chi connectivity index (χ1v) is 6.45. The molecule has 0 spiro atoms. The fourth-order valence-corrected chi connectivity index (χ4v) is 2.35. The van der Waals surface area contributed by atoms with Gasteiger partial charge in [0.15, 0.2) is 17.3 Å². The second-order valence-electron chi connectivity index (χ2n) is 3.44. The van der Waals surface area contributed by atoms with Crippen LogP contribution in [0.15, 0.2) is 23.6 Å². The highest BCUT2D eigenvalue weighted by Gasteiger charge is 2.12. The van der Waals surface area contributed by atoms with Crippen molar-refractivity contribution < 1.29 is 13.9 Å². The first-order valence-electron chi connectivity index (χ1n) is 5.04. The van der Waals surface area contributed by atoms with Crippen LogP contribution in [0.5, 0.6) is 5.75 Å². The highest BCUT2D eigenvalue weighted by Crippen LogP contribution is 2.28. The second-order valence-corrected chi connectivity index (χ2v) is 4.57. The van der Waals surface area contributed by atoms with Crippen molar-refractivity contribution in [3.63, 3.8) is 0 Å². The molecule has 1 aromatic heterocycles. The molecule has 0 radical (unpaired) electrons. The number of carbonyl (C=O) groups is 1. The van der Waals surface area contributed by atoms with E-state index in [0.29, 0.717) is 16.3 Å². The van der Waals surface area contributed by atoms with E-state index < -0.39 is 5.82 Å². The standard InChI is InChI=1S/C12H9ClFNO2S/c1-17-11-4-7(2-3-8(11)14)12-15-9(6-18-12)10(16)5-13/h2-4,6H,5H2,1H3. The van der Waals surface area contributed by atoms with E-state index in [9.17, 15) is 9.18 Å². The van der Waals surface area contributed by atoms with Crippen LogP contribution in [0.4, 0.5) is 4.39 Å². The van der Waals surface area contributed by atoms with Gasteiger partial charge in [0.2, 0.25) is 0 Å². The highest BCUT2D eigenvalue weighted by atomic mass is 35.5. The molecule has 1 heterocycles. The summed E-state index contributed by atoms with van der Waals surface area (Å²) < 4.78 is 18.2. The number of halogens is 2. The van der Waals surface area contributed by atoms with Gasteiger partial charge in [0.05, 0.1) is 13.0 Å². The molecule has 6 heteroatoms. The average molecular weight is 286 g/mol. The molecule has 2 rings (SSSR count). The third-order valence-electron chi connectivity index (χ3n) is 2.31. The van der Waals surface area contributed by atoms with Crippen molar-refractivity contribution in [2.75, 3.05) is 13.0 Å². The minimum absolute atomic E-state index is 0.101. The van der Waals surface area contributed by atoms with Gasteiger partial charge in [0.25, 0.3) is 0 Å². The predicted molar refractivity (Wildman–Crippen MR) is 69.1 cm³/mol. The van der Waals surface area contributed by atoms with Crippen LogP contribution in [0.2, 0.25) is 0 Å². The number of Topliss-reactive ketones (excluding diaryl/α,β-unsaturated/α-hetero) is 1. The van der Waals surface area contributed by atoms with E-state index in [-0.39, 0.29) is 17.4 Å². The molecule has 0 N–H and O–H groups in total. The van der Waals surface area contributed by atoms with Crippen molar-refractivity contribution in [2.45, 2.75) is 0 Å². The van der Waals surface area contributed by atoms with Crippen LogP contribution in [-0.4, -0.2) is 23.8 Å². The Morgan fingerprint density at radius 1 is 1.56 bits per heavy atom. The minimum atomic E-state index is -0.435. The molecule has 0 atom stereocenters. The second kappa shape index (κ2) is 5.46. The van der Waals surface area contributed by atoms with Crippen LogP contribution in [-0.2, 0) is 0 Å². The number of hydrogen-bond donors (Lipinski definition) is 0. The lowest BCUT2D eigenvalue weighted by Gasteiger charge is -2.03. The van der Waals surface area contributed by atoms with Crippen LogP contribution in [0.3, 0.4) is 0 Å². The van der Waals surface area contributed by atoms with Crippen molar-refractivity contribution in [1.82, 2.24) is 4.98 Å². The molecule has 0 fully saturated rings. The van der Waals surface area contributed by atoms with Crippen LogP contribution < -0.4 is 4.74 Å². The quantitative estimate of drug-likeness (QED) is 0.638. The molecule has 0 bridgehead atoms. The summed E-state index contributed by atoms with van der Waals surface area (Å²) in [5, 5.41) is 2.26. The summed E-state index contributed by atoms with van der Waals surface area (Å²) in [7, 11) is 1.40. The zero-order valence-corrected chi connectivity index (χ0v) is 11.0. The maximum atomic E-state index is 13.3. The Kier molecular flexibility index (Phi) is 3.93. The lowest BCUT2D eigenvalue weighted by molar-refractivity contribution is 0.101. The number of thiazole rings is 1. The molecule has 18 heavy (non-hydrogen) atoms. The predicted octanol–water partition coefficient (Wildman–Crippen LogP) is 3.38. The summed E-state index contributed by atoms with van der Waals surface area (Å²) in [6, 6.07) is 4.44. The summed E-state index contributed by atoms with van der Waals surface area (Å²) in [6.45, 7) is 0. The molecule has 0 amide bonds. The van der Waals surface area contributed by atoms with Gasteiger partial charge in [0.1, 0.15) is 10.7 Å². The molecular formula is C12H9ClFNO2S. The molecular weight excluding hydrogens is 277 g/mol. The first-order chi connectivity index (χ1) is 8.65. The molecule has 0 aliphatic heterocycles. The normalized spacial score (nSPS) is 10.4. The summed E-state index contributed by atoms with van der Waals surface area (Å²) in [4.78, 5) is 15.5. The van der Waals surface area contributed by atoms with Gasteiger partial charge >= 0.3 is 0 Å². The maximum absolute atomic E-state index is 13.3. The van der Waals surface area contributed by atoms with Crippen LogP contribution >= 0.6 is 22.9 Å². The average Bonchev–Trinajstić information content (AvgIpc) is 2.88. The van der Waals surface area contributed by atoms with E-state index in [2.05, 4.69) is 4.98 Å². The number of nitrogens with zero attached hydrogens (tertiary/aromatic N) is 1. The molecule has 0 saturated heterocycles.